The molecule has 0 radical (unpaired) electrons. The standard InChI is InChI=1S/C10H17F2NO2/c1-8(2,3)15-7(14)9(6-13)4-10(11,12)5-9/h4-6,13H2,1-3H3. The first kappa shape index (κ1) is 12.4. The average Bonchev–Trinajstić information content (AvgIpc) is 1.95. The van der Waals surface area contributed by atoms with Crippen molar-refractivity contribution in [1.29, 1.82) is 0 Å². The van der Waals surface area contributed by atoms with Crippen molar-refractivity contribution < 1.29 is 18.3 Å². The first-order valence-electron chi connectivity index (χ1n) is 4.92. The Bertz CT molecular complexity index is 263. The van der Waals surface area contributed by atoms with Crippen molar-refractivity contribution in [3.63, 3.8) is 0 Å². The summed E-state index contributed by atoms with van der Waals surface area (Å²) >= 11 is 0. The summed E-state index contributed by atoms with van der Waals surface area (Å²) in [6.45, 7) is 5.02. The smallest absolute Gasteiger partial charge is 0.314 e. The van der Waals surface area contributed by atoms with Gasteiger partial charge in [0.15, 0.2) is 0 Å². The maximum Gasteiger partial charge on any atom is 0.314 e. The average molecular weight is 221 g/mol. The van der Waals surface area contributed by atoms with Gasteiger partial charge >= 0.3 is 5.97 Å². The third-order valence-corrected chi connectivity index (χ3v) is 2.42. The largest absolute Gasteiger partial charge is 0.459 e. The van der Waals surface area contributed by atoms with Crippen LogP contribution in [-0.2, 0) is 9.53 Å². The van der Waals surface area contributed by atoms with Crippen LogP contribution in [0.1, 0.15) is 33.6 Å². The summed E-state index contributed by atoms with van der Waals surface area (Å²) in [5, 5.41) is 0. The summed E-state index contributed by atoms with van der Waals surface area (Å²) in [6, 6.07) is 0. The summed E-state index contributed by atoms with van der Waals surface area (Å²) in [7, 11) is 0. The van der Waals surface area contributed by atoms with E-state index in [0.717, 1.165) is 0 Å². The predicted octanol–water partition coefficient (Wildman–Crippen LogP) is 1.70. The van der Waals surface area contributed by atoms with Crippen LogP contribution in [-0.4, -0.2) is 24.0 Å². The number of alkyl halides is 2. The molecule has 1 fully saturated rings. The molecule has 0 spiro atoms. The Labute approximate surface area is 88.0 Å². The molecule has 0 amide bonds. The molecule has 88 valence electrons. The summed E-state index contributed by atoms with van der Waals surface area (Å²) in [5.41, 5.74) is 3.54. The van der Waals surface area contributed by atoms with Gasteiger partial charge in [-0.2, -0.15) is 0 Å². The van der Waals surface area contributed by atoms with Gasteiger partial charge in [-0.15, -0.1) is 0 Å². The Balaban J connectivity index is 2.66. The zero-order valence-corrected chi connectivity index (χ0v) is 9.27. The van der Waals surface area contributed by atoms with Crippen LogP contribution in [0.4, 0.5) is 8.78 Å². The number of nitrogens with two attached hydrogens (primary N) is 1. The van der Waals surface area contributed by atoms with E-state index in [9.17, 15) is 13.6 Å². The lowest BCUT2D eigenvalue weighted by Crippen LogP contribution is -2.56. The number of halogens is 2. The molecule has 1 rings (SSSR count). The fourth-order valence-corrected chi connectivity index (χ4v) is 1.70. The second-order valence-corrected chi connectivity index (χ2v) is 5.20. The second kappa shape index (κ2) is 3.40. The number of hydrogen-bond donors (Lipinski definition) is 1. The van der Waals surface area contributed by atoms with Gasteiger partial charge in [-0.05, 0) is 20.8 Å². The lowest BCUT2D eigenvalue weighted by Gasteiger charge is -2.45. The zero-order chi connectivity index (χ0) is 11.9. The Morgan fingerprint density at radius 2 is 1.87 bits per heavy atom. The Morgan fingerprint density at radius 1 is 1.40 bits per heavy atom. The maximum atomic E-state index is 12.8. The molecule has 15 heavy (non-hydrogen) atoms. The summed E-state index contributed by atoms with van der Waals surface area (Å²) in [5.74, 6) is -3.38. The molecule has 0 atom stereocenters. The van der Waals surface area contributed by atoms with Crippen LogP contribution >= 0.6 is 0 Å². The molecule has 1 aliphatic carbocycles. The summed E-state index contributed by atoms with van der Waals surface area (Å²) in [4.78, 5) is 11.6. The second-order valence-electron chi connectivity index (χ2n) is 5.20. The molecule has 0 unspecified atom stereocenters. The highest BCUT2D eigenvalue weighted by molar-refractivity contribution is 5.79. The normalized spacial score (nSPS) is 23.1. The monoisotopic (exact) mass is 221 g/mol. The van der Waals surface area contributed by atoms with Gasteiger partial charge in [-0.25, -0.2) is 8.78 Å². The molecule has 3 nitrogen and oxygen atoms in total. The molecule has 1 aliphatic rings. The topological polar surface area (TPSA) is 52.3 Å². The van der Waals surface area contributed by atoms with Gasteiger partial charge in [0.1, 0.15) is 5.60 Å². The van der Waals surface area contributed by atoms with E-state index in [0.29, 0.717) is 0 Å². The van der Waals surface area contributed by atoms with Crippen molar-refractivity contribution in [2.45, 2.75) is 45.1 Å². The van der Waals surface area contributed by atoms with Crippen LogP contribution in [0.3, 0.4) is 0 Å². The molecule has 0 heterocycles. The highest BCUT2D eigenvalue weighted by Gasteiger charge is 2.61. The third-order valence-electron chi connectivity index (χ3n) is 2.42. The lowest BCUT2D eigenvalue weighted by atomic mass is 9.66. The van der Waals surface area contributed by atoms with Crippen molar-refractivity contribution in [3.05, 3.63) is 0 Å². The molecule has 0 bridgehead atoms. The fourth-order valence-electron chi connectivity index (χ4n) is 1.70. The summed E-state index contributed by atoms with van der Waals surface area (Å²) < 4.78 is 30.6. The molecule has 5 heteroatoms. The van der Waals surface area contributed by atoms with Crippen molar-refractivity contribution in [2.75, 3.05) is 6.54 Å². The van der Waals surface area contributed by atoms with E-state index in [2.05, 4.69) is 0 Å². The van der Waals surface area contributed by atoms with E-state index >= 15 is 0 Å². The minimum atomic E-state index is -2.77. The van der Waals surface area contributed by atoms with Crippen LogP contribution < -0.4 is 5.73 Å². The Morgan fingerprint density at radius 3 is 2.13 bits per heavy atom. The molecular weight excluding hydrogens is 204 g/mol. The zero-order valence-electron chi connectivity index (χ0n) is 9.27. The summed E-state index contributed by atoms with van der Waals surface area (Å²) in [6.07, 6.45) is -0.989. The Kier molecular flexibility index (Phi) is 2.80. The molecule has 0 aliphatic heterocycles. The van der Waals surface area contributed by atoms with Gasteiger partial charge in [-0.1, -0.05) is 0 Å². The number of hydrogen-bond acceptors (Lipinski definition) is 3. The minimum Gasteiger partial charge on any atom is -0.459 e. The van der Waals surface area contributed by atoms with Crippen LogP contribution in [0, 0.1) is 5.41 Å². The van der Waals surface area contributed by atoms with Gasteiger partial charge in [0.2, 0.25) is 0 Å². The SMILES string of the molecule is CC(C)(C)OC(=O)C1(CN)CC(F)(F)C1. The van der Waals surface area contributed by atoms with E-state index < -0.39 is 35.7 Å². The van der Waals surface area contributed by atoms with Crippen molar-refractivity contribution in [1.82, 2.24) is 0 Å². The number of esters is 1. The molecular formula is C10H17F2NO2. The van der Waals surface area contributed by atoms with E-state index in [1.807, 2.05) is 0 Å². The molecule has 0 saturated heterocycles. The molecule has 2 N–H and O–H groups in total. The number of carbonyl (C=O) groups is 1. The lowest BCUT2D eigenvalue weighted by molar-refractivity contribution is -0.205. The van der Waals surface area contributed by atoms with E-state index in [1.165, 1.54) is 0 Å². The molecule has 0 aromatic rings. The Hall–Kier alpha value is -0.710. The molecule has 1 saturated carbocycles. The van der Waals surface area contributed by atoms with Crippen molar-refractivity contribution in [2.24, 2.45) is 11.1 Å². The van der Waals surface area contributed by atoms with E-state index in [-0.39, 0.29) is 6.54 Å². The van der Waals surface area contributed by atoms with Crippen LogP contribution in [0.25, 0.3) is 0 Å². The number of ether oxygens (including phenoxy) is 1. The number of carbonyl (C=O) groups excluding carboxylic acids is 1. The predicted molar refractivity (Wildman–Crippen MR) is 51.5 cm³/mol. The highest BCUT2D eigenvalue weighted by Crippen LogP contribution is 2.52. The van der Waals surface area contributed by atoms with Gasteiger partial charge in [0, 0.05) is 19.4 Å². The number of rotatable bonds is 2. The quantitative estimate of drug-likeness (QED) is 0.722. The van der Waals surface area contributed by atoms with Crippen LogP contribution in [0.15, 0.2) is 0 Å². The van der Waals surface area contributed by atoms with E-state index in [1.54, 1.807) is 20.8 Å². The van der Waals surface area contributed by atoms with Gasteiger partial charge in [-0.3, -0.25) is 4.79 Å². The van der Waals surface area contributed by atoms with Gasteiger partial charge in [0.25, 0.3) is 5.92 Å². The highest BCUT2D eigenvalue weighted by atomic mass is 19.3. The van der Waals surface area contributed by atoms with Gasteiger partial charge in [0.05, 0.1) is 5.41 Å². The molecule has 0 aromatic heterocycles. The van der Waals surface area contributed by atoms with Crippen LogP contribution in [0.5, 0.6) is 0 Å². The first-order chi connectivity index (χ1) is 6.60. The molecule has 0 aromatic carbocycles. The minimum absolute atomic E-state index is 0.0858. The first-order valence-corrected chi connectivity index (χ1v) is 4.92. The fraction of sp³-hybridized carbons (Fsp3) is 0.900. The maximum absolute atomic E-state index is 12.8. The van der Waals surface area contributed by atoms with Crippen molar-refractivity contribution >= 4 is 5.97 Å². The van der Waals surface area contributed by atoms with Gasteiger partial charge < -0.3 is 10.5 Å². The van der Waals surface area contributed by atoms with E-state index in [4.69, 9.17) is 10.5 Å². The van der Waals surface area contributed by atoms with Crippen molar-refractivity contribution in [3.8, 4) is 0 Å². The van der Waals surface area contributed by atoms with Crippen LogP contribution in [0.2, 0.25) is 0 Å². The third kappa shape index (κ3) is 2.65.